The number of carbonyl (C=O) groups excluding carboxylic acids is 1. The lowest BCUT2D eigenvalue weighted by atomic mass is 10.1. The Morgan fingerprint density at radius 1 is 1.45 bits per heavy atom. The number of nitrogens with zero attached hydrogens (tertiary/aromatic N) is 1. The Bertz CT molecular complexity index is 560. The first-order chi connectivity index (χ1) is 9.25. The van der Waals surface area contributed by atoms with E-state index in [-0.39, 0.29) is 5.56 Å². The number of nitrogens with one attached hydrogen (secondary N) is 1. The second kappa shape index (κ2) is 6.31. The van der Waals surface area contributed by atoms with Crippen LogP contribution in [0.1, 0.15) is 17.3 Å². The number of nitro benzene ring substituents is 1. The maximum absolute atomic E-state index is 11.9. The van der Waals surface area contributed by atoms with E-state index < -0.39 is 39.7 Å². The van der Waals surface area contributed by atoms with Gasteiger partial charge in [-0.1, -0.05) is 17.7 Å². The fraction of sp³-hybridized carbons (Fsp3) is 0.273. The molecule has 1 aromatic carbocycles. The Labute approximate surface area is 118 Å². The molecule has 0 saturated heterocycles. The van der Waals surface area contributed by atoms with Gasteiger partial charge >= 0.3 is 5.97 Å². The third-order valence-electron chi connectivity index (χ3n) is 2.45. The number of carbonyl (C=O) groups is 2. The van der Waals surface area contributed by atoms with Crippen molar-refractivity contribution < 1.29 is 24.7 Å². The first kappa shape index (κ1) is 15.9. The number of aliphatic hydroxyl groups is 1. The number of carboxylic acids is 1. The summed E-state index contributed by atoms with van der Waals surface area (Å²) in [6, 6.07) is 2.03. The zero-order valence-corrected chi connectivity index (χ0v) is 11.0. The third-order valence-corrected chi connectivity index (χ3v) is 2.85. The normalized spacial score (nSPS) is 13.3. The summed E-state index contributed by atoms with van der Waals surface area (Å²) in [5.41, 5.74) is -0.712. The molecule has 0 aromatic heterocycles. The van der Waals surface area contributed by atoms with E-state index in [1.165, 1.54) is 19.1 Å². The Morgan fingerprint density at radius 3 is 2.50 bits per heavy atom. The van der Waals surface area contributed by atoms with Crippen LogP contribution in [0, 0.1) is 10.1 Å². The summed E-state index contributed by atoms with van der Waals surface area (Å²) in [5.74, 6) is -2.36. The maximum Gasteiger partial charge on any atom is 0.328 e. The van der Waals surface area contributed by atoms with E-state index in [2.05, 4.69) is 0 Å². The average molecular weight is 303 g/mol. The first-order valence-corrected chi connectivity index (χ1v) is 5.78. The lowest BCUT2D eigenvalue weighted by molar-refractivity contribution is -0.384. The molecular formula is C11H11ClN2O6. The average Bonchev–Trinajstić information content (AvgIpc) is 2.34. The number of carboxylic acid groups (broad SMARTS) is 1. The van der Waals surface area contributed by atoms with Gasteiger partial charge < -0.3 is 15.5 Å². The molecule has 1 aromatic rings. The molecule has 8 nitrogen and oxygen atoms in total. The van der Waals surface area contributed by atoms with Gasteiger partial charge in [-0.05, 0) is 13.0 Å². The molecule has 0 aliphatic rings. The summed E-state index contributed by atoms with van der Waals surface area (Å²) in [4.78, 5) is 32.6. The number of rotatable bonds is 5. The number of benzene rings is 1. The van der Waals surface area contributed by atoms with Gasteiger partial charge in [-0.2, -0.15) is 0 Å². The summed E-state index contributed by atoms with van der Waals surface area (Å²) in [6.45, 7) is 1.19. The van der Waals surface area contributed by atoms with Gasteiger partial charge in [-0.3, -0.25) is 14.9 Å². The third kappa shape index (κ3) is 3.43. The number of aliphatic carboxylic acids is 1. The van der Waals surface area contributed by atoms with Crippen LogP contribution in [0.5, 0.6) is 0 Å². The number of halogens is 1. The van der Waals surface area contributed by atoms with Crippen LogP contribution in [0.4, 0.5) is 5.69 Å². The molecule has 0 aliphatic heterocycles. The van der Waals surface area contributed by atoms with Crippen LogP contribution in [0.3, 0.4) is 0 Å². The van der Waals surface area contributed by atoms with Crippen LogP contribution < -0.4 is 5.32 Å². The molecule has 0 aliphatic carbocycles. The number of hydrogen-bond donors (Lipinski definition) is 3. The molecule has 0 spiro atoms. The molecule has 1 rings (SSSR count). The van der Waals surface area contributed by atoms with Crippen molar-refractivity contribution in [2.45, 2.75) is 19.1 Å². The van der Waals surface area contributed by atoms with Gasteiger partial charge in [0, 0.05) is 6.07 Å². The highest BCUT2D eigenvalue weighted by molar-refractivity contribution is 6.35. The van der Waals surface area contributed by atoms with Gasteiger partial charge in [0.25, 0.3) is 11.6 Å². The first-order valence-electron chi connectivity index (χ1n) is 5.40. The largest absolute Gasteiger partial charge is 0.480 e. The van der Waals surface area contributed by atoms with Crippen LogP contribution in [0.15, 0.2) is 18.2 Å². The second-order valence-electron chi connectivity index (χ2n) is 3.93. The van der Waals surface area contributed by atoms with Crippen LogP contribution in [-0.4, -0.2) is 39.2 Å². The molecular weight excluding hydrogens is 292 g/mol. The summed E-state index contributed by atoms with van der Waals surface area (Å²) < 4.78 is 0. The van der Waals surface area contributed by atoms with E-state index in [1.807, 2.05) is 5.32 Å². The molecule has 0 fully saturated rings. The van der Waals surface area contributed by atoms with Crippen molar-refractivity contribution in [3.8, 4) is 0 Å². The zero-order valence-electron chi connectivity index (χ0n) is 10.2. The summed E-state index contributed by atoms with van der Waals surface area (Å²) in [6.07, 6.45) is -1.34. The van der Waals surface area contributed by atoms with Crippen molar-refractivity contribution >= 4 is 29.2 Å². The molecule has 0 heterocycles. The van der Waals surface area contributed by atoms with Crippen LogP contribution in [0.25, 0.3) is 0 Å². The van der Waals surface area contributed by atoms with Crippen LogP contribution in [-0.2, 0) is 4.79 Å². The number of hydrogen-bond acceptors (Lipinski definition) is 5. The minimum absolute atomic E-state index is 0.243. The van der Waals surface area contributed by atoms with Crippen molar-refractivity contribution in [1.82, 2.24) is 5.32 Å². The highest BCUT2D eigenvalue weighted by atomic mass is 35.5. The van der Waals surface area contributed by atoms with E-state index in [1.54, 1.807) is 0 Å². The van der Waals surface area contributed by atoms with Gasteiger partial charge in [0.05, 0.1) is 16.6 Å². The standard InChI is InChI=1S/C11H11ClN2O6/c1-5(15)9(11(17)18)13-10(16)6-3-2-4-7(8(6)12)14(19)20/h2-5,9,15H,1H3,(H,13,16)(H,17,18). The van der Waals surface area contributed by atoms with Gasteiger partial charge in [0.15, 0.2) is 6.04 Å². The van der Waals surface area contributed by atoms with Crippen molar-refractivity contribution in [2.75, 3.05) is 0 Å². The predicted octanol–water partition coefficient (Wildman–Crippen LogP) is 0.812. The molecule has 108 valence electrons. The van der Waals surface area contributed by atoms with Crippen LogP contribution >= 0.6 is 11.6 Å². The predicted molar refractivity (Wildman–Crippen MR) is 68.7 cm³/mol. The van der Waals surface area contributed by atoms with E-state index in [4.69, 9.17) is 16.7 Å². The molecule has 1 amide bonds. The van der Waals surface area contributed by atoms with Crippen molar-refractivity contribution in [3.63, 3.8) is 0 Å². The highest BCUT2D eigenvalue weighted by Gasteiger charge is 2.27. The molecule has 9 heteroatoms. The smallest absolute Gasteiger partial charge is 0.328 e. The second-order valence-corrected chi connectivity index (χ2v) is 4.30. The lowest BCUT2D eigenvalue weighted by Crippen LogP contribution is -2.47. The number of nitro groups is 1. The monoisotopic (exact) mass is 302 g/mol. The lowest BCUT2D eigenvalue weighted by Gasteiger charge is -2.17. The fourth-order valence-electron chi connectivity index (χ4n) is 1.44. The van der Waals surface area contributed by atoms with Crippen molar-refractivity contribution in [1.29, 1.82) is 0 Å². The Balaban J connectivity index is 3.07. The minimum atomic E-state index is -1.54. The van der Waals surface area contributed by atoms with Crippen LogP contribution in [0.2, 0.25) is 5.02 Å². The van der Waals surface area contributed by atoms with E-state index in [9.17, 15) is 24.8 Å². The molecule has 2 atom stereocenters. The Hall–Kier alpha value is -2.19. The van der Waals surface area contributed by atoms with Gasteiger partial charge in [0.1, 0.15) is 5.02 Å². The minimum Gasteiger partial charge on any atom is -0.480 e. The van der Waals surface area contributed by atoms with Gasteiger partial charge in [-0.25, -0.2) is 4.79 Å². The highest BCUT2D eigenvalue weighted by Crippen LogP contribution is 2.27. The van der Waals surface area contributed by atoms with Crippen molar-refractivity contribution in [3.05, 3.63) is 38.9 Å². The summed E-state index contributed by atoms with van der Waals surface area (Å²) in [5, 5.41) is 30.4. The molecule has 20 heavy (non-hydrogen) atoms. The molecule has 2 unspecified atom stereocenters. The van der Waals surface area contributed by atoms with E-state index in [0.717, 1.165) is 6.07 Å². The molecule has 0 saturated carbocycles. The molecule has 3 N–H and O–H groups in total. The van der Waals surface area contributed by atoms with Crippen molar-refractivity contribution in [2.24, 2.45) is 0 Å². The number of amides is 1. The Morgan fingerprint density at radius 2 is 2.05 bits per heavy atom. The van der Waals surface area contributed by atoms with E-state index >= 15 is 0 Å². The van der Waals surface area contributed by atoms with Gasteiger partial charge in [-0.15, -0.1) is 0 Å². The topological polar surface area (TPSA) is 130 Å². The van der Waals surface area contributed by atoms with E-state index in [0.29, 0.717) is 0 Å². The number of aliphatic hydroxyl groups excluding tert-OH is 1. The molecule has 0 radical (unpaired) electrons. The maximum atomic E-state index is 11.9. The zero-order chi connectivity index (χ0) is 15.4. The SMILES string of the molecule is CC(O)C(NC(=O)c1cccc([N+](=O)[O-])c1Cl)C(=O)O. The molecule has 0 bridgehead atoms. The Kier molecular flexibility index (Phi) is 5.00. The summed E-state index contributed by atoms with van der Waals surface area (Å²) in [7, 11) is 0. The van der Waals surface area contributed by atoms with Gasteiger partial charge in [0.2, 0.25) is 0 Å². The summed E-state index contributed by atoms with van der Waals surface area (Å²) >= 11 is 5.73. The quantitative estimate of drug-likeness (QED) is 0.545. The fourth-order valence-corrected chi connectivity index (χ4v) is 1.72.